The van der Waals surface area contributed by atoms with Gasteiger partial charge in [0.15, 0.2) is 23.1 Å². The van der Waals surface area contributed by atoms with Crippen LogP contribution >= 0.6 is 0 Å². The van der Waals surface area contributed by atoms with Crippen LogP contribution in [0, 0.1) is 5.82 Å². The lowest BCUT2D eigenvalue weighted by Gasteiger charge is -2.16. The average molecular weight is 421 g/mol. The summed E-state index contributed by atoms with van der Waals surface area (Å²) in [5.74, 6) is -0.722. The van der Waals surface area contributed by atoms with Crippen LogP contribution < -0.4 is 24.3 Å². The molecule has 1 N–H and O–H groups in total. The van der Waals surface area contributed by atoms with Gasteiger partial charge in [0, 0.05) is 5.56 Å². The number of carbonyl (C=O) groups is 2. The highest BCUT2D eigenvalue weighted by Gasteiger charge is 2.21. The molecule has 0 unspecified atom stereocenters. The normalized spacial score (nSPS) is 11.3. The summed E-state index contributed by atoms with van der Waals surface area (Å²) in [5.41, 5.74) is 0.658. The Morgan fingerprint density at radius 1 is 0.933 bits per heavy atom. The zero-order valence-corrected chi connectivity index (χ0v) is 17.4. The molecule has 0 spiro atoms. The number of ether oxygens (including phenoxy) is 5. The molecule has 0 bridgehead atoms. The van der Waals surface area contributed by atoms with Crippen molar-refractivity contribution in [1.29, 1.82) is 0 Å². The summed E-state index contributed by atoms with van der Waals surface area (Å²) in [6.45, 7) is 1.33. The molecule has 1 atom stereocenters. The van der Waals surface area contributed by atoms with Crippen LogP contribution in [0.5, 0.6) is 23.0 Å². The third-order valence-corrected chi connectivity index (χ3v) is 4.23. The minimum atomic E-state index is -0.945. The zero-order valence-electron chi connectivity index (χ0n) is 17.4. The SMILES string of the molecule is COc1ccc(COC(=O)[C@H](C)NC(=O)c2cc(OC)c(OC)c(OC)c2)cc1F. The summed E-state index contributed by atoms with van der Waals surface area (Å²) in [6, 6.07) is 6.22. The summed E-state index contributed by atoms with van der Waals surface area (Å²) < 4.78 is 39.4. The quantitative estimate of drug-likeness (QED) is 0.623. The van der Waals surface area contributed by atoms with Crippen molar-refractivity contribution in [3.63, 3.8) is 0 Å². The maximum Gasteiger partial charge on any atom is 0.328 e. The lowest BCUT2D eigenvalue weighted by molar-refractivity contribution is -0.146. The van der Waals surface area contributed by atoms with Crippen molar-refractivity contribution in [3.05, 3.63) is 47.3 Å². The van der Waals surface area contributed by atoms with E-state index in [-0.39, 0.29) is 17.9 Å². The van der Waals surface area contributed by atoms with Gasteiger partial charge in [-0.3, -0.25) is 4.79 Å². The molecule has 0 radical (unpaired) electrons. The van der Waals surface area contributed by atoms with E-state index in [2.05, 4.69) is 5.32 Å². The van der Waals surface area contributed by atoms with Crippen molar-refractivity contribution in [3.8, 4) is 23.0 Å². The number of carbonyl (C=O) groups excluding carboxylic acids is 2. The largest absolute Gasteiger partial charge is 0.494 e. The van der Waals surface area contributed by atoms with Crippen LogP contribution in [-0.4, -0.2) is 46.4 Å². The third-order valence-electron chi connectivity index (χ3n) is 4.23. The van der Waals surface area contributed by atoms with Crippen molar-refractivity contribution in [2.24, 2.45) is 0 Å². The third kappa shape index (κ3) is 5.31. The van der Waals surface area contributed by atoms with E-state index in [0.717, 1.165) is 0 Å². The minimum absolute atomic E-state index is 0.0936. The van der Waals surface area contributed by atoms with Crippen LogP contribution in [0.15, 0.2) is 30.3 Å². The number of esters is 1. The molecule has 0 saturated carbocycles. The maximum absolute atomic E-state index is 13.7. The van der Waals surface area contributed by atoms with Gasteiger partial charge in [-0.25, -0.2) is 9.18 Å². The van der Waals surface area contributed by atoms with Crippen LogP contribution in [-0.2, 0) is 16.1 Å². The standard InChI is InChI=1S/C21H24FNO7/c1-12(21(25)30-11-13-6-7-16(26-2)15(22)8-13)23-20(24)14-9-17(27-3)19(29-5)18(10-14)28-4/h6-10,12H,11H2,1-5H3,(H,23,24)/t12-/m0/s1. The van der Waals surface area contributed by atoms with E-state index >= 15 is 0 Å². The minimum Gasteiger partial charge on any atom is -0.494 e. The van der Waals surface area contributed by atoms with Gasteiger partial charge in [0.25, 0.3) is 5.91 Å². The molecule has 0 saturated heterocycles. The molecule has 8 nitrogen and oxygen atoms in total. The van der Waals surface area contributed by atoms with Crippen LogP contribution in [0.2, 0.25) is 0 Å². The number of hydrogen-bond donors (Lipinski definition) is 1. The van der Waals surface area contributed by atoms with Crippen molar-refractivity contribution in [2.75, 3.05) is 28.4 Å². The first kappa shape index (κ1) is 22.8. The van der Waals surface area contributed by atoms with E-state index in [1.165, 1.54) is 59.6 Å². The van der Waals surface area contributed by atoms with Gasteiger partial charge in [-0.1, -0.05) is 6.07 Å². The molecule has 1 amide bonds. The van der Waals surface area contributed by atoms with E-state index < -0.39 is 23.7 Å². The molecule has 162 valence electrons. The highest BCUT2D eigenvalue weighted by Crippen LogP contribution is 2.38. The second-order valence-electron chi connectivity index (χ2n) is 6.19. The molecular weight excluding hydrogens is 397 g/mol. The first-order valence-corrected chi connectivity index (χ1v) is 8.94. The number of methoxy groups -OCH3 is 4. The average Bonchev–Trinajstić information content (AvgIpc) is 2.76. The predicted octanol–water partition coefficient (Wildman–Crippen LogP) is 2.72. The zero-order chi connectivity index (χ0) is 22.3. The Hall–Kier alpha value is -3.49. The molecule has 2 aromatic carbocycles. The van der Waals surface area contributed by atoms with Crippen LogP contribution in [0.3, 0.4) is 0 Å². The van der Waals surface area contributed by atoms with Crippen LogP contribution in [0.4, 0.5) is 4.39 Å². The van der Waals surface area contributed by atoms with Crippen molar-refractivity contribution in [1.82, 2.24) is 5.32 Å². The Kier molecular flexibility index (Phi) is 7.85. The fourth-order valence-electron chi connectivity index (χ4n) is 2.63. The first-order chi connectivity index (χ1) is 14.3. The van der Waals surface area contributed by atoms with Gasteiger partial charge in [-0.05, 0) is 36.8 Å². The lowest BCUT2D eigenvalue weighted by Crippen LogP contribution is -2.39. The Balaban J connectivity index is 2.02. The Bertz CT molecular complexity index is 891. The Labute approximate surface area is 173 Å². The van der Waals surface area contributed by atoms with Gasteiger partial charge in [0.1, 0.15) is 12.6 Å². The summed E-state index contributed by atoms with van der Waals surface area (Å²) in [5, 5.41) is 2.54. The van der Waals surface area contributed by atoms with Gasteiger partial charge >= 0.3 is 5.97 Å². The van der Waals surface area contributed by atoms with Crippen molar-refractivity contribution < 1.29 is 37.7 Å². The molecule has 2 rings (SSSR count). The highest BCUT2D eigenvalue weighted by atomic mass is 19.1. The number of benzene rings is 2. The van der Waals surface area contributed by atoms with Crippen LogP contribution in [0.1, 0.15) is 22.8 Å². The van der Waals surface area contributed by atoms with Gasteiger partial charge in [0.2, 0.25) is 5.75 Å². The van der Waals surface area contributed by atoms with Crippen molar-refractivity contribution in [2.45, 2.75) is 19.6 Å². The monoisotopic (exact) mass is 421 g/mol. The molecule has 0 aliphatic heterocycles. The lowest BCUT2D eigenvalue weighted by atomic mass is 10.1. The highest BCUT2D eigenvalue weighted by molar-refractivity contribution is 5.97. The van der Waals surface area contributed by atoms with Gasteiger partial charge in [-0.15, -0.1) is 0 Å². The topological polar surface area (TPSA) is 92.3 Å². The molecule has 0 aliphatic rings. The first-order valence-electron chi connectivity index (χ1n) is 8.94. The van der Waals surface area contributed by atoms with E-state index in [1.807, 2.05) is 0 Å². The predicted molar refractivity (Wildman–Crippen MR) is 106 cm³/mol. The Morgan fingerprint density at radius 2 is 1.53 bits per heavy atom. The molecule has 2 aromatic rings. The fraction of sp³-hybridized carbons (Fsp3) is 0.333. The van der Waals surface area contributed by atoms with Gasteiger partial charge in [0.05, 0.1) is 28.4 Å². The molecular formula is C21H24FNO7. The van der Waals surface area contributed by atoms with Gasteiger partial charge < -0.3 is 29.0 Å². The number of hydrogen-bond acceptors (Lipinski definition) is 7. The number of rotatable bonds is 9. The fourth-order valence-corrected chi connectivity index (χ4v) is 2.63. The van der Waals surface area contributed by atoms with Crippen LogP contribution in [0.25, 0.3) is 0 Å². The number of amides is 1. The molecule has 0 heterocycles. The molecule has 0 aromatic heterocycles. The van der Waals surface area contributed by atoms with E-state index in [0.29, 0.717) is 22.8 Å². The second kappa shape index (κ2) is 10.3. The summed E-state index contributed by atoms with van der Waals surface area (Å²) >= 11 is 0. The number of halogens is 1. The summed E-state index contributed by atoms with van der Waals surface area (Å²) in [4.78, 5) is 24.8. The summed E-state index contributed by atoms with van der Waals surface area (Å²) in [6.07, 6.45) is 0. The smallest absolute Gasteiger partial charge is 0.328 e. The van der Waals surface area contributed by atoms with Gasteiger partial charge in [-0.2, -0.15) is 0 Å². The van der Waals surface area contributed by atoms with E-state index in [9.17, 15) is 14.0 Å². The molecule has 0 fully saturated rings. The molecule has 0 aliphatic carbocycles. The van der Waals surface area contributed by atoms with Crippen molar-refractivity contribution >= 4 is 11.9 Å². The van der Waals surface area contributed by atoms with E-state index in [1.54, 1.807) is 6.07 Å². The number of nitrogens with one attached hydrogen (secondary N) is 1. The second-order valence-corrected chi connectivity index (χ2v) is 6.19. The molecule has 30 heavy (non-hydrogen) atoms. The maximum atomic E-state index is 13.7. The molecule has 9 heteroatoms. The summed E-state index contributed by atoms with van der Waals surface area (Å²) in [7, 11) is 5.67. The Morgan fingerprint density at radius 3 is 2.03 bits per heavy atom. The van der Waals surface area contributed by atoms with E-state index in [4.69, 9.17) is 23.7 Å².